The third kappa shape index (κ3) is 1.95. The van der Waals surface area contributed by atoms with Crippen molar-refractivity contribution in [2.45, 2.75) is 25.4 Å². The normalized spacial score (nSPS) is 38.8. The zero-order valence-electron chi connectivity index (χ0n) is 7.75. The van der Waals surface area contributed by atoms with Gasteiger partial charge in [0.15, 0.2) is 0 Å². The van der Waals surface area contributed by atoms with E-state index in [1.54, 1.807) is 0 Å². The topological polar surface area (TPSA) is 15.3 Å². The van der Waals surface area contributed by atoms with Gasteiger partial charge in [-0.25, -0.2) is 0 Å². The van der Waals surface area contributed by atoms with Crippen LogP contribution in [0, 0.1) is 0 Å². The molecule has 70 valence electrons. The number of hydrogen-bond donors (Lipinski definition) is 1. The van der Waals surface area contributed by atoms with Crippen LogP contribution in [-0.2, 0) is 0 Å². The molecule has 3 heteroatoms. The highest BCUT2D eigenvalue weighted by Crippen LogP contribution is 2.22. The minimum absolute atomic E-state index is 0.698. The zero-order valence-corrected chi connectivity index (χ0v) is 8.57. The fourth-order valence-electron chi connectivity index (χ4n) is 2.10. The van der Waals surface area contributed by atoms with E-state index in [0.717, 1.165) is 6.04 Å². The third-order valence-electron chi connectivity index (χ3n) is 2.82. The second-order valence-corrected chi connectivity index (χ2v) is 5.02. The summed E-state index contributed by atoms with van der Waals surface area (Å²) in [7, 11) is 0. The highest BCUT2D eigenvalue weighted by Gasteiger charge is 2.25. The van der Waals surface area contributed by atoms with Crippen LogP contribution in [0.15, 0.2) is 0 Å². The predicted molar refractivity (Wildman–Crippen MR) is 54.8 cm³/mol. The van der Waals surface area contributed by atoms with Crippen molar-refractivity contribution in [2.75, 3.05) is 31.1 Å². The quantitative estimate of drug-likeness (QED) is 0.652. The van der Waals surface area contributed by atoms with Gasteiger partial charge in [-0.2, -0.15) is 11.8 Å². The summed E-state index contributed by atoms with van der Waals surface area (Å²) in [5.74, 6) is 2.75. The van der Waals surface area contributed by atoms with Gasteiger partial charge in [0.1, 0.15) is 0 Å². The van der Waals surface area contributed by atoms with Crippen molar-refractivity contribution in [3.8, 4) is 0 Å². The molecule has 2 nitrogen and oxygen atoms in total. The number of piperazine rings is 1. The van der Waals surface area contributed by atoms with Gasteiger partial charge < -0.3 is 5.32 Å². The van der Waals surface area contributed by atoms with Crippen molar-refractivity contribution < 1.29 is 0 Å². The first-order chi connectivity index (χ1) is 5.86. The van der Waals surface area contributed by atoms with E-state index in [2.05, 4.69) is 28.9 Å². The van der Waals surface area contributed by atoms with Crippen LogP contribution < -0.4 is 5.32 Å². The molecule has 2 unspecified atom stereocenters. The Morgan fingerprint density at radius 2 is 2.42 bits per heavy atom. The smallest absolute Gasteiger partial charge is 0.0195 e. The van der Waals surface area contributed by atoms with E-state index in [-0.39, 0.29) is 0 Å². The predicted octanol–water partition coefficient (Wildman–Crippen LogP) is 0.786. The fraction of sp³-hybridized carbons (Fsp3) is 1.00. The Labute approximate surface area is 79.1 Å². The van der Waals surface area contributed by atoms with Crippen LogP contribution in [0.3, 0.4) is 0 Å². The molecule has 2 fully saturated rings. The van der Waals surface area contributed by atoms with Gasteiger partial charge in [-0.3, -0.25) is 4.90 Å². The Kier molecular flexibility index (Phi) is 2.94. The molecule has 12 heavy (non-hydrogen) atoms. The van der Waals surface area contributed by atoms with E-state index < -0.39 is 0 Å². The largest absolute Gasteiger partial charge is 0.312 e. The number of thioether (sulfide) groups is 1. The van der Waals surface area contributed by atoms with Gasteiger partial charge in [-0.1, -0.05) is 0 Å². The Morgan fingerprint density at radius 1 is 1.50 bits per heavy atom. The average Bonchev–Trinajstić information content (AvgIpc) is 2.56. The van der Waals surface area contributed by atoms with Gasteiger partial charge in [0.05, 0.1) is 0 Å². The fourth-order valence-corrected chi connectivity index (χ4v) is 3.36. The molecule has 2 aliphatic heterocycles. The van der Waals surface area contributed by atoms with Crippen LogP contribution in [0.4, 0.5) is 0 Å². The third-order valence-corrected chi connectivity index (χ3v) is 3.97. The molecule has 2 aliphatic rings. The number of rotatable bonds is 1. The molecule has 2 rings (SSSR count). The van der Waals surface area contributed by atoms with Crippen molar-refractivity contribution in [1.29, 1.82) is 0 Å². The van der Waals surface area contributed by atoms with Crippen molar-refractivity contribution in [3.05, 3.63) is 0 Å². The first kappa shape index (κ1) is 8.85. The molecule has 0 aromatic carbocycles. The summed E-state index contributed by atoms with van der Waals surface area (Å²) in [6.45, 7) is 5.98. The minimum Gasteiger partial charge on any atom is -0.312 e. The van der Waals surface area contributed by atoms with Crippen LogP contribution in [0.1, 0.15) is 13.3 Å². The second kappa shape index (κ2) is 3.99. The lowest BCUT2D eigenvalue weighted by atomic mass is 10.1. The van der Waals surface area contributed by atoms with Crippen LogP contribution in [0.25, 0.3) is 0 Å². The van der Waals surface area contributed by atoms with Crippen molar-refractivity contribution in [2.24, 2.45) is 0 Å². The number of hydrogen-bond acceptors (Lipinski definition) is 3. The summed E-state index contributed by atoms with van der Waals surface area (Å²) in [4.78, 5) is 2.67. The Bertz CT molecular complexity index is 145. The minimum atomic E-state index is 0.698. The summed E-state index contributed by atoms with van der Waals surface area (Å²) in [6.07, 6.45) is 1.41. The van der Waals surface area contributed by atoms with E-state index in [0.29, 0.717) is 6.04 Å². The number of nitrogens with one attached hydrogen (secondary N) is 1. The average molecular weight is 186 g/mol. The maximum absolute atomic E-state index is 3.49. The van der Waals surface area contributed by atoms with Crippen molar-refractivity contribution in [3.63, 3.8) is 0 Å². The molecule has 0 aromatic heterocycles. The van der Waals surface area contributed by atoms with E-state index >= 15 is 0 Å². The van der Waals surface area contributed by atoms with Crippen molar-refractivity contribution in [1.82, 2.24) is 10.2 Å². The molecule has 1 N–H and O–H groups in total. The molecule has 0 aliphatic carbocycles. The standard InChI is InChI=1S/C9H18N2S/c1-8-6-11(4-3-10-8)9-2-5-12-7-9/h8-10H,2-7H2,1H3. The van der Waals surface area contributed by atoms with Gasteiger partial charge in [0.25, 0.3) is 0 Å². The van der Waals surface area contributed by atoms with Gasteiger partial charge in [-0.15, -0.1) is 0 Å². The van der Waals surface area contributed by atoms with Gasteiger partial charge in [0.2, 0.25) is 0 Å². The highest BCUT2D eigenvalue weighted by molar-refractivity contribution is 7.99. The lowest BCUT2D eigenvalue weighted by Gasteiger charge is -2.35. The van der Waals surface area contributed by atoms with Crippen LogP contribution in [-0.4, -0.2) is 48.1 Å². The summed E-state index contributed by atoms with van der Waals surface area (Å²) in [5.41, 5.74) is 0. The first-order valence-electron chi connectivity index (χ1n) is 4.91. The Hall–Kier alpha value is 0.270. The van der Waals surface area contributed by atoms with E-state index in [1.165, 1.54) is 37.6 Å². The highest BCUT2D eigenvalue weighted by atomic mass is 32.2. The lowest BCUT2D eigenvalue weighted by molar-refractivity contribution is 0.161. The molecule has 0 saturated carbocycles. The van der Waals surface area contributed by atoms with E-state index in [1.807, 2.05) is 0 Å². The van der Waals surface area contributed by atoms with Gasteiger partial charge >= 0.3 is 0 Å². The SMILES string of the molecule is CC1CN(C2CCSC2)CCN1. The van der Waals surface area contributed by atoms with Crippen molar-refractivity contribution >= 4 is 11.8 Å². The lowest BCUT2D eigenvalue weighted by Crippen LogP contribution is -2.52. The summed E-state index contributed by atoms with van der Waals surface area (Å²) >= 11 is 2.11. The summed E-state index contributed by atoms with van der Waals surface area (Å²) in [5, 5.41) is 3.49. The molecule has 2 heterocycles. The molecule has 0 radical (unpaired) electrons. The monoisotopic (exact) mass is 186 g/mol. The molecular formula is C9H18N2S. The Morgan fingerprint density at radius 3 is 3.08 bits per heavy atom. The molecule has 0 amide bonds. The maximum atomic E-state index is 3.49. The van der Waals surface area contributed by atoms with E-state index in [4.69, 9.17) is 0 Å². The second-order valence-electron chi connectivity index (χ2n) is 3.87. The molecule has 0 aromatic rings. The first-order valence-corrected chi connectivity index (χ1v) is 6.07. The van der Waals surface area contributed by atoms with E-state index in [9.17, 15) is 0 Å². The molecule has 0 bridgehead atoms. The zero-order chi connectivity index (χ0) is 8.39. The number of nitrogens with zero attached hydrogens (tertiary/aromatic N) is 1. The molecular weight excluding hydrogens is 168 g/mol. The molecule has 2 saturated heterocycles. The summed E-state index contributed by atoms with van der Waals surface area (Å²) < 4.78 is 0. The molecule has 0 spiro atoms. The van der Waals surface area contributed by atoms with Gasteiger partial charge in [-0.05, 0) is 19.1 Å². The van der Waals surface area contributed by atoms with Crippen LogP contribution in [0.5, 0.6) is 0 Å². The Balaban J connectivity index is 1.85. The maximum Gasteiger partial charge on any atom is 0.0195 e. The summed E-state index contributed by atoms with van der Waals surface area (Å²) in [6, 6.07) is 1.59. The van der Waals surface area contributed by atoms with Crippen LogP contribution in [0.2, 0.25) is 0 Å². The van der Waals surface area contributed by atoms with Crippen LogP contribution >= 0.6 is 11.8 Å². The van der Waals surface area contributed by atoms with Gasteiger partial charge in [0, 0.05) is 37.5 Å². The molecule has 2 atom stereocenters.